The first kappa shape index (κ1) is 18.0. The highest BCUT2D eigenvalue weighted by Crippen LogP contribution is 2.56. The van der Waals surface area contributed by atoms with E-state index in [0.717, 1.165) is 12.8 Å². The maximum Gasteiger partial charge on any atom is 0.254 e. The standard InChI is InChI=1S/C21H24F2N2O3/c1-20(28)6-12(7-20)24-16(26)9-25-10-21(8-15(21)22)17-14(19(25)27)5-4-13(18(17)23)11-2-3-11/h4-5,11-12,15,28H,2-3,6-10H2,1H3,(H,24,26)/t12-,15-,20-,21+/m1/s1. The molecule has 5 rings (SSSR count). The van der Waals surface area contributed by atoms with Gasteiger partial charge in [0.25, 0.3) is 5.91 Å². The van der Waals surface area contributed by atoms with Gasteiger partial charge in [-0.2, -0.15) is 0 Å². The second-order valence-corrected chi connectivity index (χ2v) is 9.32. The number of aliphatic hydroxyl groups is 1. The van der Waals surface area contributed by atoms with Gasteiger partial charge in [0, 0.05) is 23.7 Å². The molecule has 0 saturated heterocycles. The van der Waals surface area contributed by atoms with Crippen LogP contribution in [0.2, 0.25) is 0 Å². The summed E-state index contributed by atoms with van der Waals surface area (Å²) >= 11 is 0. The maximum atomic E-state index is 15.2. The van der Waals surface area contributed by atoms with E-state index in [1.165, 1.54) is 4.90 Å². The molecule has 5 nitrogen and oxygen atoms in total. The van der Waals surface area contributed by atoms with Gasteiger partial charge in [-0.05, 0) is 56.6 Å². The fraction of sp³-hybridized carbons (Fsp3) is 0.619. The Morgan fingerprint density at radius 3 is 2.57 bits per heavy atom. The van der Waals surface area contributed by atoms with Crippen molar-refractivity contribution in [2.45, 2.75) is 68.2 Å². The lowest BCUT2D eigenvalue weighted by Gasteiger charge is -2.41. The summed E-state index contributed by atoms with van der Waals surface area (Å²) in [5, 5.41) is 12.6. The van der Waals surface area contributed by atoms with Gasteiger partial charge in [0.15, 0.2) is 0 Å². The van der Waals surface area contributed by atoms with Gasteiger partial charge in [-0.3, -0.25) is 9.59 Å². The molecule has 2 atom stereocenters. The van der Waals surface area contributed by atoms with Gasteiger partial charge in [0.2, 0.25) is 5.91 Å². The fourth-order valence-corrected chi connectivity index (χ4v) is 4.99. The Labute approximate surface area is 162 Å². The van der Waals surface area contributed by atoms with E-state index in [1.54, 1.807) is 19.1 Å². The summed E-state index contributed by atoms with van der Waals surface area (Å²) in [6, 6.07) is 3.14. The van der Waals surface area contributed by atoms with Gasteiger partial charge in [0.1, 0.15) is 12.0 Å². The highest BCUT2D eigenvalue weighted by molar-refractivity contribution is 6.00. The van der Waals surface area contributed by atoms with E-state index in [2.05, 4.69) is 5.32 Å². The van der Waals surface area contributed by atoms with Crippen LogP contribution in [0.1, 0.15) is 66.4 Å². The maximum absolute atomic E-state index is 15.2. The molecule has 28 heavy (non-hydrogen) atoms. The van der Waals surface area contributed by atoms with Gasteiger partial charge in [-0.25, -0.2) is 8.78 Å². The number of hydrogen-bond acceptors (Lipinski definition) is 3. The first-order valence-corrected chi connectivity index (χ1v) is 9.98. The van der Waals surface area contributed by atoms with Crippen molar-refractivity contribution < 1.29 is 23.5 Å². The van der Waals surface area contributed by atoms with Crippen LogP contribution in [0, 0.1) is 5.82 Å². The Morgan fingerprint density at radius 1 is 1.32 bits per heavy atom. The molecule has 3 aliphatic carbocycles. The molecular weight excluding hydrogens is 366 g/mol. The first-order chi connectivity index (χ1) is 13.2. The molecule has 1 aromatic rings. The second-order valence-electron chi connectivity index (χ2n) is 9.32. The molecule has 3 fully saturated rings. The van der Waals surface area contributed by atoms with Crippen molar-refractivity contribution in [3.63, 3.8) is 0 Å². The van der Waals surface area contributed by atoms with Crippen molar-refractivity contribution in [2.75, 3.05) is 13.1 Å². The minimum atomic E-state index is -1.20. The van der Waals surface area contributed by atoms with Gasteiger partial charge < -0.3 is 15.3 Å². The van der Waals surface area contributed by atoms with E-state index in [0.29, 0.717) is 18.4 Å². The molecular formula is C21H24F2N2O3. The smallest absolute Gasteiger partial charge is 0.254 e. The molecule has 150 valence electrons. The number of nitrogens with one attached hydrogen (secondary N) is 1. The quantitative estimate of drug-likeness (QED) is 0.828. The lowest BCUT2D eigenvalue weighted by molar-refractivity contribution is -0.125. The predicted molar refractivity (Wildman–Crippen MR) is 97.3 cm³/mol. The Kier molecular flexibility index (Phi) is 3.70. The zero-order valence-electron chi connectivity index (χ0n) is 15.8. The number of halogens is 2. The summed E-state index contributed by atoms with van der Waals surface area (Å²) in [7, 11) is 0. The summed E-state index contributed by atoms with van der Waals surface area (Å²) in [5.74, 6) is -0.998. The first-order valence-electron chi connectivity index (χ1n) is 9.98. The van der Waals surface area contributed by atoms with Gasteiger partial charge >= 0.3 is 0 Å². The average Bonchev–Trinajstić information content (AvgIpc) is 3.49. The third kappa shape index (κ3) is 2.74. The largest absolute Gasteiger partial charge is 0.390 e. The number of amides is 2. The lowest BCUT2D eigenvalue weighted by atomic mass is 9.77. The highest BCUT2D eigenvalue weighted by atomic mass is 19.1. The SMILES string of the molecule is C[C@]1(O)C[C@H](NC(=O)CN2C[C@]3(C[C@H]3F)c3c(ccc(C4CC4)c3F)C2=O)C1. The summed E-state index contributed by atoms with van der Waals surface area (Å²) in [6.45, 7) is 1.56. The molecule has 1 heterocycles. The molecule has 0 unspecified atom stereocenters. The molecule has 1 spiro atoms. The van der Waals surface area contributed by atoms with Crippen molar-refractivity contribution in [2.24, 2.45) is 0 Å². The minimum absolute atomic E-state index is 0.0286. The Bertz CT molecular complexity index is 875. The van der Waals surface area contributed by atoms with Gasteiger partial charge in [0.05, 0.1) is 17.6 Å². The van der Waals surface area contributed by atoms with E-state index in [1.807, 2.05) is 0 Å². The van der Waals surface area contributed by atoms with E-state index in [4.69, 9.17) is 0 Å². The third-order valence-electron chi connectivity index (χ3n) is 6.73. The molecule has 1 aromatic carbocycles. The van der Waals surface area contributed by atoms with Crippen LogP contribution in [0.25, 0.3) is 0 Å². The predicted octanol–water partition coefficient (Wildman–Crippen LogP) is 2.17. The second kappa shape index (κ2) is 5.75. The zero-order chi connectivity index (χ0) is 19.8. The van der Waals surface area contributed by atoms with Crippen molar-refractivity contribution in [3.05, 3.63) is 34.6 Å². The Morgan fingerprint density at radius 2 is 2.00 bits per heavy atom. The normalized spacial score (nSPS) is 36.1. The monoisotopic (exact) mass is 390 g/mol. The molecule has 7 heteroatoms. The molecule has 2 N–H and O–H groups in total. The summed E-state index contributed by atoms with van der Waals surface area (Å²) in [4.78, 5) is 26.6. The van der Waals surface area contributed by atoms with E-state index in [-0.39, 0.29) is 48.5 Å². The molecule has 0 aromatic heterocycles. The third-order valence-corrected chi connectivity index (χ3v) is 6.73. The van der Waals surface area contributed by atoms with E-state index >= 15 is 4.39 Å². The van der Waals surface area contributed by atoms with Crippen LogP contribution >= 0.6 is 0 Å². The number of alkyl halides is 1. The van der Waals surface area contributed by atoms with Crippen molar-refractivity contribution in [3.8, 4) is 0 Å². The Balaban J connectivity index is 1.37. The number of hydrogen-bond donors (Lipinski definition) is 2. The van der Waals surface area contributed by atoms with Crippen molar-refractivity contribution in [1.82, 2.24) is 10.2 Å². The fourth-order valence-electron chi connectivity index (χ4n) is 4.99. The number of carbonyl (C=O) groups is 2. The lowest BCUT2D eigenvalue weighted by Crippen LogP contribution is -2.56. The highest BCUT2D eigenvalue weighted by Gasteiger charge is 2.62. The molecule has 0 bridgehead atoms. The number of benzene rings is 1. The van der Waals surface area contributed by atoms with Crippen LogP contribution < -0.4 is 5.32 Å². The molecule has 0 radical (unpaired) electrons. The van der Waals surface area contributed by atoms with E-state index in [9.17, 15) is 19.1 Å². The average molecular weight is 390 g/mol. The van der Waals surface area contributed by atoms with Crippen LogP contribution in [0.5, 0.6) is 0 Å². The Hall–Kier alpha value is -2.02. The number of carbonyl (C=O) groups excluding carboxylic acids is 2. The van der Waals surface area contributed by atoms with Gasteiger partial charge in [-0.15, -0.1) is 0 Å². The molecule has 2 amide bonds. The van der Waals surface area contributed by atoms with Crippen LogP contribution in [0.3, 0.4) is 0 Å². The van der Waals surface area contributed by atoms with Crippen LogP contribution in [0.15, 0.2) is 12.1 Å². The molecule has 3 saturated carbocycles. The topological polar surface area (TPSA) is 69.6 Å². The number of nitrogens with zero attached hydrogens (tertiary/aromatic N) is 1. The van der Waals surface area contributed by atoms with Crippen LogP contribution in [0.4, 0.5) is 8.78 Å². The van der Waals surface area contributed by atoms with Crippen LogP contribution in [-0.2, 0) is 10.2 Å². The van der Waals surface area contributed by atoms with Gasteiger partial charge in [-0.1, -0.05) is 6.07 Å². The summed E-state index contributed by atoms with van der Waals surface area (Å²) in [5.41, 5.74) is -0.769. The number of rotatable bonds is 4. The summed E-state index contributed by atoms with van der Waals surface area (Å²) in [6.07, 6.45) is 1.78. The minimum Gasteiger partial charge on any atom is -0.390 e. The van der Waals surface area contributed by atoms with Crippen LogP contribution in [-0.4, -0.2) is 52.7 Å². The van der Waals surface area contributed by atoms with E-state index < -0.39 is 28.9 Å². The van der Waals surface area contributed by atoms with Crippen molar-refractivity contribution >= 4 is 11.8 Å². The number of fused-ring (bicyclic) bond motifs is 2. The molecule has 1 aliphatic heterocycles. The zero-order valence-corrected chi connectivity index (χ0v) is 15.8. The van der Waals surface area contributed by atoms with Crippen molar-refractivity contribution in [1.29, 1.82) is 0 Å². The summed E-state index contributed by atoms with van der Waals surface area (Å²) < 4.78 is 29.6. The molecule has 4 aliphatic rings.